The number of nitrogens with zero attached hydrogens (tertiary/aromatic N) is 1. The summed E-state index contributed by atoms with van der Waals surface area (Å²) in [7, 11) is 0. The van der Waals surface area contributed by atoms with Gasteiger partial charge in [0.1, 0.15) is 0 Å². The highest BCUT2D eigenvalue weighted by atomic mass is 16.2. The summed E-state index contributed by atoms with van der Waals surface area (Å²) < 4.78 is 0. The molecular formula is C24H28N2O2. The number of benzene rings is 2. The van der Waals surface area contributed by atoms with Gasteiger partial charge in [0.15, 0.2) is 0 Å². The Kier molecular flexibility index (Phi) is 5.47. The Balaban J connectivity index is 1.35. The van der Waals surface area contributed by atoms with Crippen LogP contribution in [-0.4, -0.2) is 29.3 Å². The van der Waals surface area contributed by atoms with E-state index in [9.17, 15) is 9.59 Å². The van der Waals surface area contributed by atoms with Crippen LogP contribution in [0.4, 0.5) is 5.69 Å². The number of anilines is 1. The summed E-state index contributed by atoms with van der Waals surface area (Å²) in [5.41, 5.74) is 2.79. The number of hydrogen-bond acceptors (Lipinski definition) is 2. The Bertz CT molecular complexity index is 831. The zero-order valence-electron chi connectivity index (χ0n) is 16.4. The number of nitrogens with one attached hydrogen (secondary N) is 1. The van der Waals surface area contributed by atoms with E-state index in [4.69, 9.17) is 0 Å². The molecule has 0 radical (unpaired) electrons. The highest BCUT2D eigenvalue weighted by Gasteiger charge is 2.39. The fraction of sp³-hybridized carbons (Fsp3) is 0.417. The number of hydrogen-bond donors (Lipinski definition) is 1. The first kappa shape index (κ1) is 18.7. The molecule has 2 aliphatic rings. The van der Waals surface area contributed by atoms with Crippen LogP contribution in [0.2, 0.25) is 0 Å². The van der Waals surface area contributed by atoms with E-state index in [0.29, 0.717) is 17.5 Å². The molecule has 2 aromatic rings. The monoisotopic (exact) mass is 376 g/mol. The fourth-order valence-electron chi connectivity index (χ4n) is 4.17. The summed E-state index contributed by atoms with van der Waals surface area (Å²) in [5.74, 6) is 0.830. The van der Waals surface area contributed by atoms with Gasteiger partial charge in [-0.15, -0.1) is 0 Å². The molecular weight excluding hydrogens is 348 g/mol. The normalized spacial score (nSPS) is 23.5. The molecule has 0 aromatic heterocycles. The third kappa shape index (κ3) is 4.27. The Morgan fingerprint density at radius 1 is 1.07 bits per heavy atom. The molecule has 1 aliphatic carbocycles. The van der Waals surface area contributed by atoms with Gasteiger partial charge in [0, 0.05) is 29.8 Å². The first-order valence-electron chi connectivity index (χ1n) is 10.4. The van der Waals surface area contributed by atoms with Gasteiger partial charge in [-0.1, -0.05) is 37.3 Å². The lowest BCUT2D eigenvalue weighted by Crippen LogP contribution is -2.35. The molecule has 1 saturated carbocycles. The molecule has 1 N–H and O–H groups in total. The van der Waals surface area contributed by atoms with Gasteiger partial charge in [-0.05, 0) is 67.9 Å². The van der Waals surface area contributed by atoms with Crippen molar-refractivity contribution in [3.8, 4) is 0 Å². The highest BCUT2D eigenvalue weighted by molar-refractivity contribution is 5.97. The zero-order chi connectivity index (χ0) is 19.5. The summed E-state index contributed by atoms with van der Waals surface area (Å²) in [6.07, 6.45) is 5.12. The Labute approximate surface area is 166 Å². The second-order valence-corrected chi connectivity index (χ2v) is 8.20. The van der Waals surface area contributed by atoms with E-state index in [-0.39, 0.29) is 17.7 Å². The second-order valence-electron chi connectivity index (χ2n) is 8.20. The van der Waals surface area contributed by atoms with Crippen LogP contribution < -0.4 is 5.32 Å². The molecule has 4 nitrogen and oxygen atoms in total. The number of carbonyl (C=O) groups excluding carboxylic acids is 2. The van der Waals surface area contributed by atoms with Gasteiger partial charge in [0.05, 0.1) is 0 Å². The molecule has 1 saturated heterocycles. The minimum Gasteiger partial charge on any atom is -0.336 e. The third-order valence-electron chi connectivity index (χ3n) is 6.09. The van der Waals surface area contributed by atoms with Crippen LogP contribution >= 0.6 is 0 Å². The van der Waals surface area contributed by atoms with Crippen molar-refractivity contribution in [2.45, 2.75) is 45.1 Å². The van der Waals surface area contributed by atoms with E-state index in [1.54, 1.807) is 0 Å². The molecule has 3 atom stereocenters. The summed E-state index contributed by atoms with van der Waals surface area (Å²) in [6.45, 7) is 2.92. The Morgan fingerprint density at radius 3 is 2.46 bits per heavy atom. The summed E-state index contributed by atoms with van der Waals surface area (Å²) in [6, 6.07) is 18.1. The predicted molar refractivity (Wildman–Crippen MR) is 111 cm³/mol. The number of aryl methyl sites for hydroxylation is 1. The molecule has 2 fully saturated rings. The Hall–Kier alpha value is -2.62. The maximum atomic E-state index is 13.0. The number of carbonyl (C=O) groups is 2. The summed E-state index contributed by atoms with van der Waals surface area (Å²) in [5, 5.41) is 2.95. The zero-order valence-corrected chi connectivity index (χ0v) is 16.4. The minimum atomic E-state index is 0.0899. The van der Waals surface area contributed by atoms with Crippen LogP contribution in [0.3, 0.4) is 0 Å². The van der Waals surface area contributed by atoms with Gasteiger partial charge in [-0.2, -0.15) is 0 Å². The van der Waals surface area contributed by atoms with E-state index in [0.717, 1.165) is 44.3 Å². The molecule has 1 heterocycles. The van der Waals surface area contributed by atoms with E-state index in [1.165, 1.54) is 5.56 Å². The van der Waals surface area contributed by atoms with Crippen LogP contribution in [0.5, 0.6) is 0 Å². The third-order valence-corrected chi connectivity index (χ3v) is 6.09. The average molecular weight is 377 g/mol. The topological polar surface area (TPSA) is 49.4 Å². The largest absolute Gasteiger partial charge is 0.336 e. The smallest absolute Gasteiger partial charge is 0.254 e. The second kappa shape index (κ2) is 8.17. The SMILES string of the molecule is CC1CC1C(=O)Nc1ccc(C(=O)N2CCCC2CCc2ccccc2)cc1. The number of likely N-dealkylation sites (tertiary alicyclic amines) is 1. The van der Waals surface area contributed by atoms with E-state index in [2.05, 4.69) is 36.5 Å². The predicted octanol–water partition coefficient (Wildman–Crippen LogP) is 4.52. The van der Waals surface area contributed by atoms with Gasteiger partial charge in [-0.25, -0.2) is 0 Å². The minimum absolute atomic E-state index is 0.0899. The quantitative estimate of drug-likeness (QED) is 0.806. The lowest BCUT2D eigenvalue weighted by atomic mass is 10.0. The van der Waals surface area contributed by atoms with Crippen molar-refractivity contribution in [3.05, 3.63) is 65.7 Å². The van der Waals surface area contributed by atoms with Crippen molar-refractivity contribution in [3.63, 3.8) is 0 Å². The fourth-order valence-corrected chi connectivity index (χ4v) is 4.17. The first-order chi connectivity index (χ1) is 13.6. The number of amides is 2. The maximum Gasteiger partial charge on any atom is 0.254 e. The van der Waals surface area contributed by atoms with E-state index in [1.807, 2.05) is 35.2 Å². The molecule has 1 aliphatic heterocycles. The van der Waals surface area contributed by atoms with Crippen molar-refractivity contribution in [2.75, 3.05) is 11.9 Å². The molecule has 4 heteroatoms. The maximum absolute atomic E-state index is 13.0. The first-order valence-corrected chi connectivity index (χ1v) is 10.4. The summed E-state index contributed by atoms with van der Waals surface area (Å²) in [4.78, 5) is 27.1. The van der Waals surface area contributed by atoms with Gasteiger partial charge < -0.3 is 10.2 Å². The standard InChI is InChI=1S/C24H28N2O2/c1-17-16-22(17)23(27)25-20-12-10-19(11-13-20)24(28)26-15-5-8-21(26)14-9-18-6-3-2-4-7-18/h2-4,6-7,10-13,17,21-22H,5,8-9,14-16H2,1H3,(H,25,27). The van der Waals surface area contributed by atoms with Crippen LogP contribution in [0.15, 0.2) is 54.6 Å². The van der Waals surface area contributed by atoms with E-state index >= 15 is 0 Å². The summed E-state index contributed by atoms with van der Waals surface area (Å²) >= 11 is 0. The van der Waals surface area contributed by atoms with Crippen LogP contribution in [0, 0.1) is 11.8 Å². The highest BCUT2D eigenvalue weighted by Crippen LogP contribution is 2.38. The van der Waals surface area contributed by atoms with Gasteiger partial charge in [0.2, 0.25) is 5.91 Å². The van der Waals surface area contributed by atoms with Crippen LogP contribution in [0.25, 0.3) is 0 Å². The lowest BCUT2D eigenvalue weighted by molar-refractivity contribution is -0.117. The van der Waals surface area contributed by atoms with Crippen molar-refractivity contribution in [1.82, 2.24) is 4.90 Å². The van der Waals surface area contributed by atoms with Gasteiger partial charge in [0.25, 0.3) is 5.91 Å². The molecule has 3 unspecified atom stereocenters. The van der Waals surface area contributed by atoms with Crippen LogP contribution in [-0.2, 0) is 11.2 Å². The lowest BCUT2D eigenvalue weighted by Gasteiger charge is -2.25. The molecule has 0 spiro atoms. The van der Waals surface area contributed by atoms with Gasteiger partial charge >= 0.3 is 0 Å². The molecule has 146 valence electrons. The van der Waals surface area contributed by atoms with Crippen molar-refractivity contribution in [1.29, 1.82) is 0 Å². The molecule has 2 amide bonds. The average Bonchev–Trinajstić information content (AvgIpc) is 3.27. The molecule has 4 rings (SSSR count). The molecule has 0 bridgehead atoms. The van der Waals surface area contributed by atoms with Crippen LogP contribution in [0.1, 0.15) is 48.5 Å². The molecule has 2 aromatic carbocycles. The number of rotatable bonds is 6. The van der Waals surface area contributed by atoms with Crippen molar-refractivity contribution < 1.29 is 9.59 Å². The van der Waals surface area contributed by atoms with Crippen molar-refractivity contribution >= 4 is 17.5 Å². The van der Waals surface area contributed by atoms with Gasteiger partial charge in [-0.3, -0.25) is 9.59 Å². The van der Waals surface area contributed by atoms with E-state index < -0.39 is 0 Å². The Morgan fingerprint density at radius 2 is 1.79 bits per heavy atom. The van der Waals surface area contributed by atoms with Crippen molar-refractivity contribution in [2.24, 2.45) is 11.8 Å². The molecule has 28 heavy (non-hydrogen) atoms.